The van der Waals surface area contributed by atoms with E-state index >= 15 is 0 Å². The van der Waals surface area contributed by atoms with Crippen molar-refractivity contribution in [1.82, 2.24) is 5.32 Å². The van der Waals surface area contributed by atoms with E-state index in [0.29, 0.717) is 10.6 Å². The van der Waals surface area contributed by atoms with Gasteiger partial charge in [-0.3, -0.25) is 9.59 Å². The van der Waals surface area contributed by atoms with Crippen LogP contribution < -0.4 is 16.8 Å². The van der Waals surface area contributed by atoms with Gasteiger partial charge in [-0.1, -0.05) is 43.6 Å². The highest BCUT2D eigenvalue weighted by Gasteiger charge is 2.22. The van der Waals surface area contributed by atoms with E-state index in [0.717, 1.165) is 11.8 Å². The maximum absolute atomic E-state index is 14.6. The van der Waals surface area contributed by atoms with E-state index in [4.69, 9.17) is 28.5 Å². The normalized spacial score (nSPS) is 12.8. The molecule has 6 nitrogen and oxygen atoms in total. The van der Waals surface area contributed by atoms with Crippen molar-refractivity contribution in [3.05, 3.63) is 75.6 Å². The summed E-state index contributed by atoms with van der Waals surface area (Å²) in [5.41, 5.74) is 12.3. The zero-order valence-corrected chi connectivity index (χ0v) is 17.5. The van der Waals surface area contributed by atoms with E-state index in [1.165, 1.54) is 12.1 Å². The monoisotopic (exact) mass is 430 g/mol. The minimum atomic E-state index is -0.787. The summed E-state index contributed by atoms with van der Waals surface area (Å²) in [6.45, 7) is 3.86. The van der Waals surface area contributed by atoms with Crippen molar-refractivity contribution in [1.29, 1.82) is 5.41 Å². The first-order valence-corrected chi connectivity index (χ1v) is 9.66. The summed E-state index contributed by atoms with van der Waals surface area (Å²) in [5.74, 6) is -1.84. The second-order valence-corrected chi connectivity index (χ2v) is 7.55. The van der Waals surface area contributed by atoms with Crippen molar-refractivity contribution in [2.75, 3.05) is 0 Å². The molecule has 2 rings (SSSR count). The number of rotatable bonds is 8. The van der Waals surface area contributed by atoms with Crippen molar-refractivity contribution in [3.63, 3.8) is 0 Å². The lowest BCUT2D eigenvalue weighted by Crippen LogP contribution is -2.34. The predicted octanol–water partition coefficient (Wildman–Crippen LogP) is 3.65. The molecule has 0 spiro atoms. The highest BCUT2D eigenvalue weighted by Crippen LogP contribution is 2.24. The number of carbonyl (C=O) groups is 2. The van der Waals surface area contributed by atoms with Gasteiger partial charge in [0.15, 0.2) is 0 Å². The number of hydrogen-bond donors (Lipinski definition) is 4. The molecule has 0 bridgehead atoms. The van der Waals surface area contributed by atoms with Crippen LogP contribution in [0, 0.1) is 11.2 Å². The predicted molar refractivity (Wildman–Crippen MR) is 117 cm³/mol. The molecule has 2 amide bonds. The molecule has 2 aromatic rings. The van der Waals surface area contributed by atoms with Crippen LogP contribution in [-0.4, -0.2) is 18.0 Å². The molecule has 6 N–H and O–H groups in total. The molecular weight excluding hydrogens is 407 g/mol. The van der Waals surface area contributed by atoms with Crippen molar-refractivity contribution < 1.29 is 14.0 Å². The Balaban J connectivity index is 2.39. The summed E-state index contributed by atoms with van der Waals surface area (Å²) in [5, 5.41) is 10.7. The maximum Gasteiger partial charge on any atom is 0.255 e. The number of nitrogens with one attached hydrogen (secondary N) is 2. The van der Waals surface area contributed by atoms with Crippen molar-refractivity contribution in [2.45, 2.75) is 32.2 Å². The van der Waals surface area contributed by atoms with Gasteiger partial charge in [0, 0.05) is 16.8 Å². The van der Waals surface area contributed by atoms with Crippen LogP contribution in [0.1, 0.15) is 48.9 Å². The highest BCUT2D eigenvalue weighted by atomic mass is 35.5. The minimum Gasteiger partial charge on any atom is -0.397 e. The standard InChI is InChI=1S/C22H24ClFN4O2/c1-12(2)13-6-7-16(18(24)9-13)21(27)17(11-25)22(30)28-19(10-20(26)29)14-4-3-5-15(23)8-14/h3-9,11-12,19,25H,10,27H2,1-2H3,(H2,26,29)(H,28,30)/b21-17+,25-11?. The Kier molecular flexibility index (Phi) is 7.72. The zero-order valence-electron chi connectivity index (χ0n) is 16.7. The van der Waals surface area contributed by atoms with E-state index in [1.807, 2.05) is 13.8 Å². The Morgan fingerprint density at radius 1 is 1.17 bits per heavy atom. The van der Waals surface area contributed by atoms with E-state index in [-0.39, 0.29) is 29.2 Å². The van der Waals surface area contributed by atoms with E-state index < -0.39 is 23.7 Å². The average molecular weight is 431 g/mol. The second-order valence-electron chi connectivity index (χ2n) is 7.12. The third kappa shape index (κ3) is 5.67. The number of benzene rings is 2. The summed E-state index contributed by atoms with van der Waals surface area (Å²) in [6, 6.07) is 10.4. The number of amides is 2. The first kappa shape index (κ1) is 23.1. The van der Waals surface area contributed by atoms with Crippen LogP contribution in [0.4, 0.5) is 4.39 Å². The van der Waals surface area contributed by atoms with Gasteiger partial charge in [-0.25, -0.2) is 4.39 Å². The summed E-state index contributed by atoms with van der Waals surface area (Å²) < 4.78 is 14.6. The number of nitrogens with two attached hydrogens (primary N) is 2. The SMILES string of the molecule is CC(C)c1ccc(/C(N)=C(/C=N)C(=O)NC(CC(N)=O)c2cccc(Cl)c2)c(F)c1. The smallest absolute Gasteiger partial charge is 0.255 e. The van der Waals surface area contributed by atoms with E-state index in [9.17, 15) is 14.0 Å². The molecule has 0 saturated heterocycles. The Hall–Kier alpha value is -3.19. The Bertz CT molecular complexity index is 1000. The molecule has 0 aliphatic rings. The van der Waals surface area contributed by atoms with Gasteiger partial charge in [0.1, 0.15) is 5.82 Å². The summed E-state index contributed by atoms with van der Waals surface area (Å²) >= 11 is 6.00. The van der Waals surface area contributed by atoms with E-state index in [2.05, 4.69) is 5.32 Å². The van der Waals surface area contributed by atoms with Crippen LogP contribution in [-0.2, 0) is 9.59 Å². The van der Waals surface area contributed by atoms with Crippen LogP contribution in [0.2, 0.25) is 5.02 Å². The Morgan fingerprint density at radius 3 is 2.40 bits per heavy atom. The molecule has 0 aliphatic carbocycles. The average Bonchev–Trinajstić information content (AvgIpc) is 2.67. The topological polar surface area (TPSA) is 122 Å². The first-order valence-electron chi connectivity index (χ1n) is 9.28. The lowest BCUT2D eigenvalue weighted by atomic mass is 9.98. The van der Waals surface area contributed by atoms with Gasteiger partial charge in [0.25, 0.3) is 5.91 Å². The van der Waals surface area contributed by atoms with Crippen LogP contribution in [0.3, 0.4) is 0 Å². The molecule has 2 aromatic carbocycles. The van der Waals surface area contributed by atoms with Gasteiger partial charge >= 0.3 is 0 Å². The molecule has 1 atom stereocenters. The van der Waals surface area contributed by atoms with Crippen molar-refractivity contribution in [3.8, 4) is 0 Å². The fourth-order valence-electron chi connectivity index (χ4n) is 2.93. The zero-order chi connectivity index (χ0) is 22.4. The molecule has 0 heterocycles. The van der Waals surface area contributed by atoms with Gasteiger partial charge in [0.2, 0.25) is 5.91 Å². The molecule has 0 aliphatic heterocycles. The van der Waals surface area contributed by atoms with Crippen LogP contribution in [0.25, 0.3) is 5.70 Å². The number of primary amides is 1. The number of carbonyl (C=O) groups excluding carboxylic acids is 2. The van der Waals surface area contributed by atoms with Crippen LogP contribution in [0.15, 0.2) is 48.0 Å². The quantitative estimate of drug-likeness (QED) is 0.377. The van der Waals surface area contributed by atoms with E-state index in [1.54, 1.807) is 30.3 Å². The maximum atomic E-state index is 14.6. The lowest BCUT2D eigenvalue weighted by Gasteiger charge is -2.19. The van der Waals surface area contributed by atoms with Gasteiger partial charge in [0.05, 0.1) is 23.7 Å². The summed E-state index contributed by atoms with van der Waals surface area (Å²) in [7, 11) is 0. The fourth-order valence-corrected chi connectivity index (χ4v) is 3.13. The fraction of sp³-hybridized carbons (Fsp3) is 0.227. The second kappa shape index (κ2) is 10.0. The number of halogens is 2. The van der Waals surface area contributed by atoms with Crippen molar-refractivity contribution >= 4 is 35.3 Å². The summed E-state index contributed by atoms with van der Waals surface area (Å²) in [4.78, 5) is 24.3. The molecule has 8 heteroatoms. The Morgan fingerprint density at radius 2 is 1.87 bits per heavy atom. The third-order valence-corrected chi connectivity index (χ3v) is 4.83. The number of hydrogen-bond acceptors (Lipinski definition) is 4. The largest absolute Gasteiger partial charge is 0.397 e. The molecular formula is C22H24ClFN4O2. The van der Waals surface area contributed by atoms with Gasteiger partial charge in [-0.15, -0.1) is 0 Å². The molecule has 0 radical (unpaired) electrons. The van der Waals surface area contributed by atoms with Gasteiger partial charge in [-0.05, 0) is 41.3 Å². The third-order valence-electron chi connectivity index (χ3n) is 4.59. The highest BCUT2D eigenvalue weighted by molar-refractivity contribution is 6.30. The lowest BCUT2D eigenvalue weighted by molar-refractivity contribution is -0.120. The molecule has 158 valence electrons. The molecule has 30 heavy (non-hydrogen) atoms. The first-order chi connectivity index (χ1) is 14.1. The van der Waals surface area contributed by atoms with Crippen LogP contribution >= 0.6 is 11.6 Å². The van der Waals surface area contributed by atoms with Crippen molar-refractivity contribution in [2.24, 2.45) is 11.5 Å². The minimum absolute atomic E-state index is 0.0160. The van der Waals surface area contributed by atoms with Gasteiger partial charge < -0.3 is 22.2 Å². The van der Waals surface area contributed by atoms with Crippen LogP contribution in [0.5, 0.6) is 0 Å². The van der Waals surface area contributed by atoms with Gasteiger partial charge in [-0.2, -0.15) is 0 Å². The molecule has 0 fully saturated rings. The molecule has 0 aromatic heterocycles. The summed E-state index contributed by atoms with van der Waals surface area (Å²) in [6.07, 6.45) is 0.564. The molecule has 0 saturated carbocycles. The molecule has 1 unspecified atom stereocenters. The Labute approximate surface area is 179 Å².